The fourth-order valence-corrected chi connectivity index (χ4v) is 3.79. The highest BCUT2D eigenvalue weighted by atomic mass is 15.3. The van der Waals surface area contributed by atoms with E-state index in [4.69, 9.17) is 0 Å². The van der Waals surface area contributed by atoms with E-state index in [9.17, 15) is 0 Å². The van der Waals surface area contributed by atoms with Gasteiger partial charge in [0.15, 0.2) is 0 Å². The van der Waals surface area contributed by atoms with Crippen molar-refractivity contribution in [2.45, 2.75) is 63.6 Å². The number of hydrogen-bond donors (Lipinski definition) is 1. The summed E-state index contributed by atoms with van der Waals surface area (Å²) in [7, 11) is 0. The number of nitrogens with one attached hydrogen (secondary N) is 1. The number of hydrogen-bond acceptors (Lipinski definition) is 4. The van der Waals surface area contributed by atoms with Crippen LogP contribution in [0.2, 0.25) is 0 Å². The molecular weight excluding hydrogens is 248 g/mol. The molecule has 0 amide bonds. The molecule has 4 rings (SSSR count). The molecule has 3 fully saturated rings. The van der Waals surface area contributed by atoms with Gasteiger partial charge in [0, 0.05) is 43.1 Å². The van der Waals surface area contributed by atoms with Gasteiger partial charge >= 0.3 is 0 Å². The number of rotatable bonds is 4. The highest BCUT2D eigenvalue weighted by Crippen LogP contribution is 2.37. The van der Waals surface area contributed by atoms with Crippen LogP contribution in [0.5, 0.6) is 0 Å². The van der Waals surface area contributed by atoms with E-state index in [1.807, 2.05) is 12.4 Å². The topological polar surface area (TPSA) is 41.1 Å². The second-order valence-electron chi connectivity index (χ2n) is 6.64. The summed E-state index contributed by atoms with van der Waals surface area (Å²) in [5.74, 6) is 1.85. The minimum atomic E-state index is 0.708. The van der Waals surface area contributed by atoms with E-state index < -0.39 is 0 Å². The molecule has 0 bridgehead atoms. The lowest BCUT2D eigenvalue weighted by Crippen LogP contribution is -2.35. The largest absolute Gasteiger partial charge is 0.338 e. The minimum Gasteiger partial charge on any atom is -0.338 e. The molecule has 4 nitrogen and oxygen atoms in total. The molecule has 2 atom stereocenters. The first-order valence-electron chi connectivity index (χ1n) is 8.21. The van der Waals surface area contributed by atoms with Crippen molar-refractivity contribution in [1.82, 2.24) is 15.3 Å². The quantitative estimate of drug-likeness (QED) is 0.914. The van der Waals surface area contributed by atoms with Crippen LogP contribution >= 0.6 is 0 Å². The summed E-state index contributed by atoms with van der Waals surface area (Å²) < 4.78 is 0. The standard InChI is InChI=1S/C16H24N4/c1-2-4-15-13(3-1)7-8-20(15)16-18-10-12(11-19-16)9-17-14-5-6-14/h10-11,13-15,17H,1-9H2. The van der Waals surface area contributed by atoms with Gasteiger partial charge in [-0.3, -0.25) is 0 Å². The molecule has 1 aromatic heterocycles. The van der Waals surface area contributed by atoms with E-state index in [2.05, 4.69) is 20.2 Å². The maximum atomic E-state index is 4.62. The smallest absolute Gasteiger partial charge is 0.225 e. The zero-order chi connectivity index (χ0) is 13.4. The normalized spacial score (nSPS) is 29.5. The van der Waals surface area contributed by atoms with Gasteiger partial charge in [0.1, 0.15) is 0 Å². The van der Waals surface area contributed by atoms with Gasteiger partial charge < -0.3 is 10.2 Å². The van der Waals surface area contributed by atoms with Crippen molar-refractivity contribution in [2.75, 3.05) is 11.4 Å². The zero-order valence-electron chi connectivity index (χ0n) is 12.1. The second-order valence-corrected chi connectivity index (χ2v) is 6.64. The molecule has 2 unspecified atom stereocenters. The summed E-state index contributed by atoms with van der Waals surface area (Å²) >= 11 is 0. The summed E-state index contributed by atoms with van der Waals surface area (Å²) in [4.78, 5) is 11.7. The molecule has 20 heavy (non-hydrogen) atoms. The molecule has 2 aliphatic carbocycles. The van der Waals surface area contributed by atoms with Gasteiger partial charge in [0.2, 0.25) is 5.95 Å². The van der Waals surface area contributed by atoms with Crippen LogP contribution in [0.4, 0.5) is 5.95 Å². The maximum absolute atomic E-state index is 4.62. The summed E-state index contributed by atoms with van der Waals surface area (Å²) in [6.45, 7) is 2.06. The highest BCUT2D eigenvalue weighted by Gasteiger charge is 2.36. The third-order valence-corrected chi connectivity index (χ3v) is 5.13. The van der Waals surface area contributed by atoms with Gasteiger partial charge in [-0.05, 0) is 38.0 Å². The zero-order valence-corrected chi connectivity index (χ0v) is 12.1. The van der Waals surface area contributed by atoms with Crippen LogP contribution in [-0.4, -0.2) is 28.6 Å². The Balaban J connectivity index is 1.42. The van der Waals surface area contributed by atoms with E-state index in [0.29, 0.717) is 6.04 Å². The van der Waals surface area contributed by atoms with Crippen LogP contribution in [0.25, 0.3) is 0 Å². The summed E-state index contributed by atoms with van der Waals surface area (Å²) in [5, 5.41) is 3.51. The third-order valence-electron chi connectivity index (χ3n) is 5.13. The van der Waals surface area contributed by atoms with Gasteiger partial charge in [-0.15, -0.1) is 0 Å². The predicted octanol–water partition coefficient (Wildman–Crippen LogP) is 2.50. The van der Waals surface area contributed by atoms with Gasteiger partial charge in [0.25, 0.3) is 0 Å². The molecule has 4 heteroatoms. The minimum absolute atomic E-state index is 0.708. The lowest BCUT2D eigenvalue weighted by Gasteiger charge is -2.31. The Morgan fingerprint density at radius 3 is 2.65 bits per heavy atom. The van der Waals surface area contributed by atoms with Crippen molar-refractivity contribution >= 4 is 5.95 Å². The fraction of sp³-hybridized carbons (Fsp3) is 0.750. The highest BCUT2D eigenvalue weighted by molar-refractivity contribution is 5.34. The van der Waals surface area contributed by atoms with E-state index in [1.54, 1.807) is 0 Å². The van der Waals surface area contributed by atoms with Gasteiger partial charge in [0.05, 0.1) is 0 Å². The molecule has 1 aliphatic heterocycles. The Labute approximate surface area is 121 Å². The van der Waals surface area contributed by atoms with Gasteiger partial charge in [-0.25, -0.2) is 9.97 Å². The summed E-state index contributed by atoms with van der Waals surface area (Å²) in [6.07, 6.45) is 13.5. The van der Waals surface area contributed by atoms with Crippen LogP contribution in [0.15, 0.2) is 12.4 Å². The van der Waals surface area contributed by atoms with Crippen molar-refractivity contribution in [3.05, 3.63) is 18.0 Å². The maximum Gasteiger partial charge on any atom is 0.225 e. The Bertz CT molecular complexity index is 454. The molecule has 0 radical (unpaired) electrons. The Morgan fingerprint density at radius 2 is 1.85 bits per heavy atom. The lowest BCUT2D eigenvalue weighted by atomic mass is 9.85. The van der Waals surface area contributed by atoms with Crippen LogP contribution in [0.1, 0.15) is 50.5 Å². The Kier molecular flexibility index (Phi) is 3.34. The van der Waals surface area contributed by atoms with Crippen LogP contribution in [0, 0.1) is 5.92 Å². The second kappa shape index (κ2) is 5.32. The van der Waals surface area contributed by atoms with Gasteiger partial charge in [-0.1, -0.05) is 12.8 Å². The number of aromatic nitrogens is 2. The fourth-order valence-electron chi connectivity index (χ4n) is 3.79. The molecule has 1 saturated heterocycles. The molecule has 108 valence electrons. The first kappa shape index (κ1) is 12.6. The first-order valence-corrected chi connectivity index (χ1v) is 8.21. The van der Waals surface area contributed by atoms with Crippen LogP contribution < -0.4 is 10.2 Å². The molecule has 1 aromatic rings. The van der Waals surface area contributed by atoms with E-state index >= 15 is 0 Å². The van der Waals surface area contributed by atoms with Crippen molar-refractivity contribution in [1.29, 1.82) is 0 Å². The predicted molar refractivity (Wildman–Crippen MR) is 79.6 cm³/mol. The number of nitrogens with zero attached hydrogens (tertiary/aromatic N) is 3. The Hall–Kier alpha value is -1.16. The average Bonchev–Trinajstić information content (AvgIpc) is 3.23. The molecule has 2 heterocycles. The summed E-state index contributed by atoms with van der Waals surface area (Å²) in [6, 6.07) is 1.45. The Morgan fingerprint density at radius 1 is 1.05 bits per heavy atom. The van der Waals surface area contributed by atoms with Crippen molar-refractivity contribution in [3.8, 4) is 0 Å². The SMILES string of the molecule is c1nc(N2CCC3CCCCC32)ncc1CNC1CC1. The first-order chi connectivity index (χ1) is 9.90. The summed E-state index contributed by atoms with van der Waals surface area (Å²) in [5.41, 5.74) is 1.21. The number of fused-ring (bicyclic) bond motifs is 1. The lowest BCUT2D eigenvalue weighted by molar-refractivity contribution is 0.341. The van der Waals surface area contributed by atoms with E-state index in [1.165, 1.54) is 50.5 Å². The number of anilines is 1. The van der Waals surface area contributed by atoms with Crippen molar-refractivity contribution in [3.63, 3.8) is 0 Å². The average molecular weight is 272 g/mol. The van der Waals surface area contributed by atoms with Crippen LogP contribution in [0.3, 0.4) is 0 Å². The monoisotopic (exact) mass is 272 g/mol. The van der Waals surface area contributed by atoms with Crippen LogP contribution in [-0.2, 0) is 6.54 Å². The molecule has 0 aromatic carbocycles. The molecule has 2 saturated carbocycles. The molecule has 1 N–H and O–H groups in total. The van der Waals surface area contributed by atoms with Crippen molar-refractivity contribution < 1.29 is 0 Å². The van der Waals surface area contributed by atoms with Gasteiger partial charge in [-0.2, -0.15) is 0 Å². The van der Waals surface area contributed by atoms with E-state index in [0.717, 1.165) is 31.0 Å². The molecule has 0 spiro atoms. The molecular formula is C16H24N4. The third kappa shape index (κ3) is 2.53. The molecule has 3 aliphatic rings. The van der Waals surface area contributed by atoms with Crippen molar-refractivity contribution in [2.24, 2.45) is 5.92 Å². The van der Waals surface area contributed by atoms with E-state index in [-0.39, 0.29) is 0 Å².